The van der Waals surface area contributed by atoms with E-state index in [1.165, 1.54) is 5.56 Å². The summed E-state index contributed by atoms with van der Waals surface area (Å²) in [5.74, 6) is -0.123. The summed E-state index contributed by atoms with van der Waals surface area (Å²) in [6, 6.07) is 9.77. The summed E-state index contributed by atoms with van der Waals surface area (Å²) in [5.41, 5.74) is 1.24. The summed E-state index contributed by atoms with van der Waals surface area (Å²) in [5, 5.41) is 5.29. The molecule has 1 aromatic rings. The van der Waals surface area contributed by atoms with Crippen LogP contribution >= 0.6 is 0 Å². The summed E-state index contributed by atoms with van der Waals surface area (Å²) in [4.78, 5) is 22.4. The minimum atomic E-state index is -0.306. The summed E-state index contributed by atoms with van der Waals surface area (Å²) < 4.78 is 0. The second kappa shape index (κ2) is 5.48. The molecule has 0 spiro atoms. The molecule has 1 atom stereocenters. The van der Waals surface area contributed by atoms with Crippen LogP contribution < -0.4 is 10.6 Å². The van der Waals surface area contributed by atoms with Crippen molar-refractivity contribution in [3.8, 4) is 0 Å². The van der Waals surface area contributed by atoms with E-state index in [-0.39, 0.29) is 17.9 Å². The zero-order valence-electron chi connectivity index (χ0n) is 9.61. The number of aryl methyl sites for hydroxylation is 1. The predicted molar refractivity (Wildman–Crippen MR) is 64.3 cm³/mol. The van der Waals surface area contributed by atoms with Gasteiger partial charge in [-0.2, -0.15) is 0 Å². The number of hydrogen-bond donors (Lipinski definition) is 2. The molecule has 4 nitrogen and oxygen atoms in total. The lowest BCUT2D eigenvalue weighted by atomic mass is 10.1. The second-order valence-corrected chi connectivity index (χ2v) is 4.20. The second-order valence-electron chi connectivity index (χ2n) is 4.20. The van der Waals surface area contributed by atoms with Crippen molar-refractivity contribution in [2.45, 2.75) is 25.3 Å². The molecule has 2 amide bonds. The Labute approximate surface area is 100 Å². The fourth-order valence-corrected chi connectivity index (χ4v) is 1.77. The molecule has 17 heavy (non-hydrogen) atoms. The molecule has 0 radical (unpaired) electrons. The fourth-order valence-electron chi connectivity index (χ4n) is 1.77. The van der Waals surface area contributed by atoms with Gasteiger partial charge < -0.3 is 10.6 Å². The highest BCUT2D eigenvalue weighted by Gasteiger charge is 2.28. The van der Waals surface area contributed by atoms with Crippen molar-refractivity contribution in [1.82, 2.24) is 10.6 Å². The third kappa shape index (κ3) is 3.31. The number of carbonyl (C=O) groups is 2. The molecule has 2 N–H and O–H groups in total. The van der Waals surface area contributed by atoms with Gasteiger partial charge in [0.1, 0.15) is 6.04 Å². The summed E-state index contributed by atoms with van der Waals surface area (Å²) in [6.07, 6.45) is 2.17. The van der Waals surface area contributed by atoms with E-state index < -0.39 is 0 Å². The molecule has 90 valence electrons. The van der Waals surface area contributed by atoms with Gasteiger partial charge in [0.15, 0.2) is 0 Å². The highest BCUT2D eigenvalue weighted by molar-refractivity contribution is 5.92. The number of β-lactam (4-membered cyclic amide) rings is 1. The zero-order chi connectivity index (χ0) is 12.1. The van der Waals surface area contributed by atoms with Crippen LogP contribution in [0.1, 0.15) is 18.4 Å². The Bertz CT molecular complexity index is 403. The van der Waals surface area contributed by atoms with E-state index in [1.54, 1.807) is 0 Å². The third-order valence-electron chi connectivity index (χ3n) is 2.84. The molecule has 1 aromatic carbocycles. The van der Waals surface area contributed by atoms with Crippen LogP contribution in [-0.4, -0.2) is 24.4 Å². The molecule has 0 saturated carbocycles. The van der Waals surface area contributed by atoms with Gasteiger partial charge in [0.25, 0.3) is 0 Å². The summed E-state index contributed by atoms with van der Waals surface area (Å²) in [7, 11) is 0. The maximum atomic E-state index is 11.5. The van der Waals surface area contributed by atoms with E-state index in [1.807, 2.05) is 18.2 Å². The Morgan fingerprint density at radius 1 is 1.35 bits per heavy atom. The number of amides is 2. The van der Waals surface area contributed by atoms with Crippen molar-refractivity contribution in [3.05, 3.63) is 35.9 Å². The number of nitrogens with one attached hydrogen (secondary N) is 2. The lowest BCUT2D eigenvalue weighted by Crippen LogP contribution is -2.61. The normalized spacial score (nSPS) is 18.1. The SMILES string of the molecule is O=C(CCCc1ccccc1)NC1CNC1=O. The van der Waals surface area contributed by atoms with Gasteiger partial charge in [-0.15, -0.1) is 0 Å². The topological polar surface area (TPSA) is 58.2 Å². The first-order chi connectivity index (χ1) is 8.25. The Kier molecular flexibility index (Phi) is 3.75. The highest BCUT2D eigenvalue weighted by atomic mass is 16.2. The van der Waals surface area contributed by atoms with Crippen molar-refractivity contribution in [1.29, 1.82) is 0 Å². The van der Waals surface area contributed by atoms with Crippen LogP contribution in [0.25, 0.3) is 0 Å². The molecule has 1 aliphatic heterocycles. The predicted octanol–water partition coefficient (Wildman–Crippen LogP) is 0.624. The van der Waals surface area contributed by atoms with E-state index in [4.69, 9.17) is 0 Å². The van der Waals surface area contributed by atoms with Crippen molar-refractivity contribution in [2.75, 3.05) is 6.54 Å². The first-order valence-electron chi connectivity index (χ1n) is 5.87. The Balaban J connectivity index is 1.65. The molecule has 0 aliphatic carbocycles. The number of carbonyl (C=O) groups excluding carboxylic acids is 2. The standard InChI is InChI=1S/C13H16N2O2/c16-12(15-11-9-14-13(11)17)8-4-7-10-5-2-1-3-6-10/h1-3,5-6,11H,4,7-9H2,(H,14,17)(H,15,16). The van der Waals surface area contributed by atoms with Gasteiger partial charge >= 0.3 is 0 Å². The van der Waals surface area contributed by atoms with Gasteiger partial charge in [-0.05, 0) is 18.4 Å². The molecule has 1 unspecified atom stereocenters. The van der Waals surface area contributed by atoms with Crippen LogP contribution in [0.15, 0.2) is 30.3 Å². The lowest BCUT2D eigenvalue weighted by Gasteiger charge is -2.26. The monoisotopic (exact) mass is 232 g/mol. The number of rotatable bonds is 5. The van der Waals surface area contributed by atoms with Crippen LogP contribution in [0.3, 0.4) is 0 Å². The molecular formula is C13H16N2O2. The van der Waals surface area contributed by atoms with Crippen molar-refractivity contribution in [3.63, 3.8) is 0 Å². The van der Waals surface area contributed by atoms with Crippen molar-refractivity contribution >= 4 is 11.8 Å². The zero-order valence-corrected chi connectivity index (χ0v) is 9.61. The third-order valence-corrected chi connectivity index (χ3v) is 2.84. The quantitative estimate of drug-likeness (QED) is 0.731. The molecular weight excluding hydrogens is 216 g/mol. The average Bonchev–Trinajstić information content (AvgIpc) is 2.35. The average molecular weight is 232 g/mol. The molecule has 0 bridgehead atoms. The van der Waals surface area contributed by atoms with E-state index in [9.17, 15) is 9.59 Å². The molecule has 4 heteroatoms. The van der Waals surface area contributed by atoms with E-state index >= 15 is 0 Å². The van der Waals surface area contributed by atoms with Crippen LogP contribution in [0.4, 0.5) is 0 Å². The first kappa shape index (κ1) is 11.6. The van der Waals surface area contributed by atoms with Gasteiger partial charge in [-0.25, -0.2) is 0 Å². The molecule has 0 aromatic heterocycles. The smallest absolute Gasteiger partial charge is 0.244 e. The summed E-state index contributed by atoms with van der Waals surface area (Å²) in [6.45, 7) is 0.559. The molecule has 2 rings (SSSR count). The van der Waals surface area contributed by atoms with Crippen molar-refractivity contribution in [2.24, 2.45) is 0 Å². The van der Waals surface area contributed by atoms with Crippen molar-refractivity contribution < 1.29 is 9.59 Å². The van der Waals surface area contributed by atoms with Crippen LogP contribution in [-0.2, 0) is 16.0 Å². The Morgan fingerprint density at radius 3 is 2.71 bits per heavy atom. The van der Waals surface area contributed by atoms with Crippen LogP contribution in [0, 0.1) is 0 Å². The van der Waals surface area contributed by atoms with Gasteiger partial charge in [0.2, 0.25) is 11.8 Å². The molecule has 1 fully saturated rings. The Hall–Kier alpha value is -1.84. The highest BCUT2D eigenvalue weighted by Crippen LogP contribution is 2.05. The molecule has 1 aliphatic rings. The van der Waals surface area contributed by atoms with E-state index in [2.05, 4.69) is 22.8 Å². The van der Waals surface area contributed by atoms with Gasteiger partial charge in [0, 0.05) is 13.0 Å². The van der Waals surface area contributed by atoms with Gasteiger partial charge in [0.05, 0.1) is 0 Å². The van der Waals surface area contributed by atoms with Gasteiger partial charge in [-0.1, -0.05) is 30.3 Å². The molecule has 1 heterocycles. The maximum Gasteiger partial charge on any atom is 0.244 e. The Morgan fingerprint density at radius 2 is 2.12 bits per heavy atom. The maximum absolute atomic E-state index is 11.5. The van der Waals surface area contributed by atoms with E-state index in [0.717, 1.165) is 12.8 Å². The summed E-state index contributed by atoms with van der Waals surface area (Å²) >= 11 is 0. The first-order valence-corrected chi connectivity index (χ1v) is 5.87. The van der Waals surface area contributed by atoms with E-state index in [0.29, 0.717) is 13.0 Å². The lowest BCUT2D eigenvalue weighted by molar-refractivity contribution is -0.133. The van der Waals surface area contributed by atoms with Crippen LogP contribution in [0.5, 0.6) is 0 Å². The number of hydrogen-bond acceptors (Lipinski definition) is 2. The number of benzene rings is 1. The minimum absolute atomic E-state index is 0.0409. The minimum Gasteiger partial charge on any atom is -0.352 e. The largest absolute Gasteiger partial charge is 0.352 e. The molecule has 1 saturated heterocycles. The van der Waals surface area contributed by atoms with Gasteiger partial charge in [-0.3, -0.25) is 9.59 Å². The van der Waals surface area contributed by atoms with Crippen LogP contribution in [0.2, 0.25) is 0 Å². The fraction of sp³-hybridized carbons (Fsp3) is 0.385.